The summed E-state index contributed by atoms with van der Waals surface area (Å²) in [6.07, 6.45) is 0. The number of para-hydroxylation sites is 1. The highest BCUT2D eigenvalue weighted by atomic mass is 16.5. The maximum absolute atomic E-state index is 12.8. The first-order chi connectivity index (χ1) is 12.5. The number of rotatable bonds is 8. The van der Waals surface area contributed by atoms with Crippen LogP contribution in [0.3, 0.4) is 0 Å². The molecule has 6 nitrogen and oxygen atoms in total. The number of hydrogen-bond acceptors (Lipinski definition) is 5. The van der Waals surface area contributed by atoms with Crippen molar-refractivity contribution in [3.63, 3.8) is 0 Å². The standard InChI is InChI=1S/C20H25NO5/c1-14-8-6-7-9-16(14)26-13-12-21(2)20(22)15-10-11-17(23-3)19(25-5)18(15)24-4/h6-11H,12-13H2,1-5H3. The van der Waals surface area contributed by atoms with Gasteiger partial charge in [-0.25, -0.2) is 0 Å². The third kappa shape index (κ3) is 4.20. The molecular formula is C20H25NO5. The van der Waals surface area contributed by atoms with E-state index in [1.54, 1.807) is 24.1 Å². The lowest BCUT2D eigenvalue weighted by molar-refractivity contribution is 0.0769. The van der Waals surface area contributed by atoms with Gasteiger partial charge in [0.25, 0.3) is 5.91 Å². The van der Waals surface area contributed by atoms with Gasteiger partial charge < -0.3 is 23.8 Å². The van der Waals surface area contributed by atoms with Crippen molar-refractivity contribution in [2.24, 2.45) is 0 Å². The average Bonchev–Trinajstić information content (AvgIpc) is 2.67. The third-order valence-electron chi connectivity index (χ3n) is 4.06. The van der Waals surface area contributed by atoms with Gasteiger partial charge in [-0.05, 0) is 30.7 Å². The van der Waals surface area contributed by atoms with E-state index in [1.165, 1.54) is 21.3 Å². The molecule has 0 heterocycles. The second kappa shape index (κ2) is 8.99. The van der Waals surface area contributed by atoms with Crippen LogP contribution >= 0.6 is 0 Å². The Morgan fingerprint density at radius 3 is 2.23 bits per heavy atom. The van der Waals surface area contributed by atoms with Gasteiger partial charge in [0, 0.05) is 7.05 Å². The molecule has 2 aromatic rings. The SMILES string of the molecule is COc1ccc(C(=O)N(C)CCOc2ccccc2C)c(OC)c1OC. The molecule has 0 unspecified atom stereocenters. The maximum atomic E-state index is 12.8. The van der Waals surface area contributed by atoms with Crippen molar-refractivity contribution in [1.29, 1.82) is 0 Å². The first-order valence-corrected chi connectivity index (χ1v) is 8.26. The number of ether oxygens (including phenoxy) is 4. The number of nitrogens with zero attached hydrogens (tertiary/aromatic N) is 1. The van der Waals surface area contributed by atoms with Crippen LogP contribution < -0.4 is 18.9 Å². The molecule has 0 fully saturated rings. The van der Waals surface area contributed by atoms with Crippen LogP contribution in [0.5, 0.6) is 23.0 Å². The van der Waals surface area contributed by atoms with E-state index in [0.29, 0.717) is 36.0 Å². The topological polar surface area (TPSA) is 57.2 Å². The molecule has 0 aromatic heterocycles. The molecule has 2 aromatic carbocycles. The summed E-state index contributed by atoms with van der Waals surface area (Å²) in [5.74, 6) is 1.88. The van der Waals surface area contributed by atoms with E-state index in [4.69, 9.17) is 18.9 Å². The van der Waals surface area contributed by atoms with Crippen molar-refractivity contribution in [3.8, 4) is 23.0 Å². The first kappa shape index (κ1) is 19.4. The molecule has 0 radical (unpaired) electrons. The normalized spacial score (nSPS) is 10.2. The van der Waals surface area contributed by atoms with Crippen LogP contribution in [0, 0.1) is 6.92 Å². The number of carbonyl (C=O) groups excluding carboxylic acids is 1. The highest BCUT2D eigenvalue weighted by molar-refractivity contribution is 5.98. The Balaban J connectivity index is 2.09. The van der Waals surface area contributed by atoms with Crippen molar-refractivity contribution < 1.29 is 23.7 Å². The molecule has 0 aliphatic heterocycles. The Kier molecular flexibility index (Phi) is 6.72. The number of benzene rings is 2. The van der Waals surface area contributed by atoms with E-state index in [9.17, 15) is 4.79 Å². The molecule has 0 saturated heterocycles. The molecule has 0 bridgehead atoms. The molecule has 0 spiro atoms. The predicted octanol–water partition coefficient (Wildman–Crippen LogP) is 3.17. The van der Waals surface area contributed by atoms with Crippen LogP contribution in [0.15, 0.2) is 36.4 Å². The van der Waals surface area contributed by atoms with E-state index in [0.717, 1.165) is 11.3 Å². The minimum Gasteiger partial charge on any atom is -0.493 e. The Morgan fingerprint density at radius 1 is 0.923 bits per heavy atom. The molecule has 26 heavy (non-hydrogen) atoms. The lowest BCUT2D eigenvalue weighted by Crippen LogP contribution is -2.31. The monoisotopic (exact) mass is 359 g/mol. The van der Waals surface area contributed by atoms with Crippen molar-refractivity contribution in [3.05, 3.63) is 47.5 Å². The van der Waals surface area contributed by atoms with Gasteiger partial charge in [-0.1, -0.05) is 18.2 Å². The summed E-state index contributed by atoms with van der Waals surface area (Å²) in [5.41, 5.74) is 1.46. The van der Waals surface area contributed by atoms with Crippen molar-refractivity contribution >= 4 is 5.91 Å². The summed E-state index contributed by atoms with van der Waals surface area (Å²) < 4.78 is 21.7. The van der Waals surface area contributed by atoms with Crippen LogP contribution in [0.2, 0.25) is 0 Å². The second-order valence-electron chi connectivity index (χ2n) is 5.72. The molecule has 0 saturated carbocycles. The zero-order valence-corrected chi connectivity index (χ0v) is 15.9. The van der Waals surface area contributed by atoms with Crippen molar-refractivity contribution in [2.45, 2.75) is 6.92 Å². The van der Waals surface area contributed by atoms with Gasteiger partial charge >= 0.3 is 0 Å². The van der Waals surface area contributed by atoms with E-state index in [2.05, 4.69) is 0 Å². The smallest absolute Gasteiger partial charge is 0.257 e. The van der Waals surface area contributed by atoms with E-state index in [-0.39, 0.29) is 5.91 Å². The fraction of sp³-hybridized carbons (Fsp3) is 0.350. The summed E-state index contributed by atoms with van der Waals surface area (Å²) in [6, 6.07) is 11.1. The average molecular weight is 359 g/mol. The number of aryl methyl sites for hydroxylation is 1. The quantitative estimate of drug-likeness (QED) is 0.725. The largest absolute Gasteiger partial charge is 0.493 e. The highest BCUT2D eigenvalue weighted by Crippen LogP contribution is 2.40. The summed E-state index contributed by atoms with van der Waals surface area (Å²) in [6.45, 7) is 2.81. The van der Waals surface area contributed by atoms with Gasteiger partial charge in [-0.3, -0.25) is 4.79 Å². The second-order valence-corrected chi connectivity index (χ2v) is 5.72. The van der Waals surface area contributed by atoms with E-state index in [1.807, 2.05) is 31.2 Å². The first-order valence-electron chi connectivity index (χ1n) is 8.26. The zero-order chi connectivity index (χ0) is 19.1. The molecular weight excluding hydrogens is 334 g/mol. The maximum Gasteiger partial charge on any atom is 0.257 e. The molecule has 2 rings (SSSR count). The summed E-state index contributed by atoms with van der Waals surface area (Å²) in [7, 11) is 6.26. The fourth-order valence-corrected chi connectivity index (χ4v) is 2.59. The van der Waals surface area contributed by atoms with E-state index >= 15 is 0 Å². The number of carbonyl (C=O) groups is 1. The number of amides is 1. The van der Waals surface area contributed by atoms with Gasteiger partial charge in [-0.15, -0.1) is 0 Å². The van der Waals surface area contributed by atoms with Crippen molar-refractivity contribution in [2.75, 3.05) is 41.5 Å². The fourth-order valence-electron chi connectivity index (χ4n) is 2.59. The lowest BCUT2D eigenvalue weighted by Gasteiger charge is -2.21. The Hall–Kier alpha value is -2.89. The van der Waals surface area contributed by atoms with Crippen molar-refractivity contribution in [1.82, 2.24) is 4.90 Å². The van der Waals surface area contributed by atoms with Gasteiger partial charge in [0.1, 0.15) is 12.4 Å². The van der Waals surface area contributed by atoms with Crippen LogP contribution in [0.1, 0.15) is 15.9 Å². The van der Waals surface area contributed by atoms with Gasteiger partial charge in [0.05, 0.1) is 33.4 Å². The number of hydrogen-bond donors (Lipinski definition) is 0. The van der Waals surface area contributed by atoms with Gasteiger partial charge in [0.2, 0.25) is 5.75 Å². The molecule has 6 heteroatoms. The van der Waals surface area contributed by atoms with E-state index < -0.39 is 0 Å². The van der Waals surface area contributed by atoms with Gasteiger partial charge in [-0.2, -0.15) is 0 Å². The minimum absolute atomic E-state index is 0.184. The molecule has 140 valence electrons. The van der Waals surface area contributed by atoms with Crippen LogP contribution in [-0.2, 0) is 0 Å². The predicted molar refractivity (Wildman–Crippen MR) is 99.7 cm³/mol. The van der Waals surface area contributed by atoms with Crippen LogP contribution in [-0.4, -0.2) is 52.3 Å². The molecule has 0 aliphatic carbocycles. The van der Waals surface area contributed by atoms with Gasteiger partial charge in [0.15, 0.2) is 11.5 Å². The molecule has 0 N–H and O–H groups in total. The summed E-state index contributed by atoms with van der Waals surface area (Å²) in [4.78, 5) is 14.4. The highest BCUT2D eigenvalue weighted by Gasteiger charge is 2.22. The molecule has 1 amide bonds. The Bertz CT molecular complexity index is 760. The molecule has 0 aliphatic rings. The minimum atomic E-state index is -0.184. The van der Waals surface area contributed by atoms with Crippen LogP contribution in [0.25, 0.3) is 0 Å². The number of methoxy groups -OCH3 is 3. The summed E-state index contributed by atoms with van der Waals surface area (Å²) >= 11 is 0. The Labute approximate surface area is 154 Å². The number of likely N-dealkylation sites (N-methyl/N-ethyl adjacent to an activating group) is 1. The summed E-state index contributed by atoms with van der Waals surface area (Å²) in [5, 5.41) is 0. The Morgan fingerprint density at radius 2 is 1.62 bits per heavy atom. The lowest BCUT2D eigenvalue weighted by atomic mass is 10.1. The van der Waals surface area contributed by atoms with Crippen LogP contribution in [0.4, 0.5) is 0 Å². The zero-order valence-electron chi connectivity index (χ0n) is 15.9. The third-order valence-corrected chi connectivity index (χ3v) is 4.06. The molecule has 0 atom stereocenters.